The lowest BCUT2D eigenvalue weighted by atomic mass is 9.48. The van der Waals surface area contributed by atoms with Gasteiger partial charge >= 0.3 is 0 Å². The van der Waals surface area contributed by atoms with Crippen LogP contribution in [0.3, 0.4) is 0 Å². The van der Waals surface area contributed by atoms with E-state index in [2.05, 4.69) is 13.8 Å². The summed E-state index contributed by atoms with van der Waals surface area (Å²) in [6.45, 7) is 5.23. The Morgan fingerprint density at radius 3 is 2.75 bits per heavy atom. The van der Waals surface area contributed by atoms with Gasteiger partial charge in [-0.05, 0) is 80.5 Å². The van der Waals surface area contributed by atoms with Gasteiger partial charge in [-0.2, -0.15) is 0 Å². The van der Waals surface area contributed by atoms with Crippen LogP contribution in [0.1, 0.15) is 71.6 Å². The maximum absolute atomic E-state index is 12.5. The summed E-state index contributed by atoms with van der Waals surface area (Å²) in [5, 5.41) is 0. The quantitative estimate of drug-likeness (QED) is 0.708. The molecule has 24 heavy (non-hydrogen) atoms. The maximum atomic E-state index is 12.5. The van der Waals surface area contributed by atoms with Crippen LogP contribution in [0.4, 0.5) is 0 Å². The van der Waals surface area contributed by atoms with Crippen molar-refractivity contribution in [3.8, 4) is 0 Å². The molecule has 0 saturated heterocycles. The van der Waals surface area contributed by atoms with Crippen LogP contribution in [0, 0.1) is 34.5 Å². The van der Waals surface area contributed by atoms with E-state index in [1.54, 1.807) is 7.11 Å². The number of methoxy groups -OCH3 is 1. The van der Waals surface area contributed by atoms with Crippen molar-refractivity contribution in [2.75, 3.05) is 13.9 Å². The summed E-state index contributed by atoms with van der Waals surface area (Å²) in [5.74, 6) is 3.73. The molecule has 4 rings (SSSR count). The first-order valence-electron chi connectivity index (χ1n) is 10.1. The van der Waals surface area contributed by atoms with Crippen molar-refractivity contribution in [2.24, 2.45) is 34.5 Å². The van der Waals surface area contributed by atoms with Gasteiger partial charge in [0.2, 0.25) is 0 Å². The molecule has 0 spiro atoms. The molecule has 0 aliphatic heterocycles. The zero-order valence-electron chi connectivity index (χ0n) is 15.7. The SMILES string of the molecule is COCO[C@@H]1CC[C@@H]2C[C@H]3[C@@H](CC[C@@]4(C)C(=O)CC[C@H]34)C[C@@]2(C)C1. The maximum Gasteiger partial charge on any atom is 0.146 e. The normalized spacial score (nSPS) is 51.0. The first-order valence-corrected chi connectivity index (χ1v) is 10.1. The van der Waals surface area contributed by atoms with Crippen LogP contribution in [0.5, 0.6) is 0 Å². The Hall–Kier alpha value is -0.410. The summed E-state index contributed by atoms with van der Waals surface area (Å²) < 4.78 is 11.0. The Morgan fingerprint density at radius 2 is 1.96 bits per heavy atom. The standard InChI is InChI=1S/C21H34O3/c1-20-11-14-8-9-21(2)18(6-7-19(21)22)17(14)10-15(20)4-5-16(12-20)24-13-23-3/h14-18H,4-13H2,1-3H3/t14-,15+,16+,17-,18+,20-,21+/m0/s1. The van der Waals surface area contributed by atoms with Crippen molar-refractivity contribution in [1.29, 1.82) is 0 Å². The highest BCUT2D eigenvalue weighted by molar-refractivity contribution is 5.87. The van der Waals surface area contributed by atoms with Gasteiger partial charge in [0.25, 0.3) is 0 Å². The number of carbonyl (C=O) groups excluding carboxylic acids is 1. The van der Waals surface area contributed by atoms with Crippen LogP contribution in [0.25, 0.3) is 0 Å². The number of ether oxygens (including phenoxy) is 2. The number of carbonyl (C=O) groups is 1. The third kappa shape index (κ3) is 2.58. The largest absolute Gasteiger partial charge is 0.359 e. The summed E-state index contributed by atoms with van der Waals surface area (Å²) in [6, 6.07) is 0. The average molecular weight is 335 g/mol. The predicted molar refractivity (Wildman–Crippen MR) is 93.5 cm³/mol. The lowest BCUT2D eigenvalue weighted by Gasteiger charge is -2.57. The van der Waals surface area contributed by atoms with Gasteiger partial charge in [0.05, 0.1) is 6.10 Å². The Bertz CT molecular complexity index is 503. The number of ketones is 1. The summed E-state index contributed by atoms with van der Waals surface area (Å²) in [7, 11) is 1.71. The molecule has 4 fully saturated rings. The van der Waals surface area contributed by atoms with Gasteiger partial charge in [-0.3, -0.25) is 4.79 Å². The Kier molecular flexibility index (Phi) is 4.32. The van der Waals surface area contributed by atoms with E-state index in [9.17, 15) is 4.79 Å². The zero-order chi connectivity index (χ0) is 16.9. The number of rotatable bonds is 3. The van der Waals surface area contributed by atoms with Crippen molar-refractivity contribution in [3.63, 3.8) is 0 Å². The summed E-state index contributed by atoms with van der Waals surface area (Å²) in [5.41, 5.74) is 0.460. The van der Waals surface area contributed by atoms with Gasteiger partial charge < -0.3 is 9.47 Å². The lowest BCUT2D eigenvalue weighted by molar-refractivity contribution is -0.143. The van der Waals surface area contributed by atoms with E-state index in [0.29, 0.717) is 30.0 Å². The van der Waals surface area contributed by atoms with E-state index >= 15 is 0 Å². The minimum absolute atomic E-state index is 0.0215. The highest BCUT2D eigenvalue weighted by atomic mass is 16.7. The van der Waals surface area contributed by atoms with E-state index in [1.807, 2.05) is 0 Å². The second-order valence-corrected chi connectivity index (χ2v) is 9.72. The molecule has 0 amide bonds. The predicted octanol–water partition coefficient (Wildman–Crippen LogP) is 4.59. The van der Waals surface area contributed by atoms with Gasteiger partial charge in [-0.15, -0.1) is 0 Å². The van der Waals surface area contributed by atoms with Gasteiger partial charge in [0, 0.05) is 18.9 Å². The van der Waals surface area contributed by atoms with Crippen LogP contribution in [0.2, 0.25) is 0 Å². The Morgan fingerprint density at radius 1 is 1.12 bits per heavy atom. The topological polar surface area (TPSA) is 35.5 Å². The monoisotopic (exact) mass is 334 g/mol. The van der Waals surface area contributed by atoms with E-state index in [0.717, 1.165) is 30.6 Å². The fourth-order valence-corrected chi connectivity index (χ4v) is 7.16. The molecule has 3 heteroatoms. The molecule has 0 unspecified atom stereocenters. The molecule has 4 saturated carbocycles. The molecule has 0 aromatic rings. The van der Waals surface area contributed by atoms with Gasteiger partial charge in [-0.25, -0.2) is 0 Å². The molecule has 0 N–H and O–H groups in total. The van der Waals surface area contributed by atoms with Crippen molar-refractivity contribution in [1.82, 2.24) is 0 Å². The average Bonchev–Trinajstić information content (AvgIpc) is 2.86. The Labute approximate surface area is 146 Å². The van der Waals surface area contributed by atoms with Crippen molar-refractivity contribution < 1.29 is 14.3 Å². The smallest absolute Gasteiger partial charge is 0.146 e. The van der Waals surface area contributed by atoms with E-state index in [-0.39, 0.29) is 5.41 Å². The molecular formula is C21H34O3. The van der Waals surface area contributed by atoms with Crippen LogP contribution in [0.15, 0.2) is 0 Å². The van der Waals surface area contributed by atoms with Crippen molar-refractivity contribution in [2.45, 2.75) is 77.7 Å². The molecule has 0 radical (unpaired) electrons. The fourth-order valence-electron chi connectivity index (χ4n) is 7.16. The van der Waals surface area contributed by atoms with Crippen LogP contribution < -0.4 is 0 Å². The minimum Gasteiger partial charge on any atom is -0.359 e. The molecule has 4 aliphatic carbocycles. The molecule has 7 atom stereocenters. The molecule has 136 valence electrons. The highest BCUT2D eigenvalue weighted by Crippen LogP contribution is 2.63. The highest BCUT2D eigenvalue weighted by Gasteiger charge is 2.58. The first kappa shape index (κ1) is 17.0. The number of fused-ring (bicyclic) bond motifs is 4. The van der Waals surface area contributed by atoms with Gasteiger partial charge in [0.15, 0.2) is 0 Å². The van der Waals surface area contributed by atoms with Crippen molar-refractivity contribution in [3.05, 3.63) is 0 Å². The van der Waals surface area contributed by atoms with E-state index in [1.165, 1.54) is 44.9 Å². The molecule has 0 aromatic carbocycles. The van der Waals surface area contributed by atoms with Crippen LogP contribution in [-0.2, 0) is 14.3 Å². The lowest BCUT2D eigenvalue weighted by Crippen LogP contribution is -2.51. The summed E-state index contributed by atoms with van der Waals surface area (Å²) in [6.07, 6.45) is 11.2. The minimum atomic E-state index is 0.0215. The molecule has 4 aliphatic rings. The second-order valence-electron chi connectivity index (χ2n) is 9.72. The number of hydrogen-bond donors (Lipinski definition) is 0. The molecule has 0 aromatic heterocycles. The van der Waals surface area contributed by atoms with E-state index < -0.39 is 0 Å². The number of hydrogen-bond acceptors (Lipinski definition) is 3. The Balaban J connectivity index is 1.49. The van der Waals surface area contributed by atoms with E-state index in [4.69, 9.17) is 9.47 Å². The first-order chi connectivity index (χ1) is 11.5. The third-order valence-corrected chi connectivity index (χ3v) is 8.52. The summed E-state index contributed by atoms with van der Waals surface area (Å²) in [4.78, 5) is 12.5. The van der Waals surface area contributed by atoms with Crippen LogP contribution >= 0.6 is 0 Å². The second kappa shape index (κ2) is 6.09. The molecular weight excluding hydrogens is 300 g/mol. The van der Waals surface area contributed by atoms with Gasteiger partial charge in [0.1, 0.15) is 12.6 Å². The third-order valence-electron chi connectivity index (χ3n) is 8.52. The number of Topliss-reactive ketones (excluding diaryl/α,β-unsaturated/α-hetero) is 1. The van der Waals surface area contributed by atoms with Crippen molar-refractivity contribution >= 4 is 5.78 Å². The van der Waals surface area contributed by atoms with Crippen LogP contribution in [-0.4, -0.2) is 25.8 Å². The molecule has 0 bridgehead atoms. The fraction of sp³-hybridized carbons (Fsp3) is 0.952. The molecule has 3 nitrogen and oxygen atoms in total. The van der Waals surface area contributed by atoms with Gasteiger partial charge in [-0.1, -0.05) is 13.8 Å². The zero-order valence-corrected chi connectivity index (χ0v) is 15.7. The molecule has 0 heterocycles. The summed E-state index contributed by atoms with van der Waals surface area (Å²) >= 11 is 0.